The van der Waals surface area contributed by atoms with Crippen LogP contribution in [0.2, 0.25) is 0 Å². The Kier molecular flexibility index (Phi) is 4.59. The van der Waals surface area contributed by atoms with E-state index in [1.165, 1.54) is 6.07 Å². The van der Waals surface area contributed by atoms with Crippen molar-refractivity contribution in [2.45, 2.75) is 19.8 Å². The molecule has 0 amide bonds. The number of hydrogen-bond acceptors (Lipinski definition) is 3. The summed E-state index contributed by atoms with van der Waals surface area (Å²) in [6, 6.07) is 11.6. The Morgan fingerprint density at radius 2 is 1.86 bits per heavy atom. The molecule has 0 unspecified atom stereocenters. The molecule has 0 spiro atoms. The van der Waals surface area contributed by atoms with Gasteiger partial charge in [-0.25, -0.2) is 18.0 Å². The van der Waals surface area contributed by atoms with Gasteiger partial charge in [0.05, 0.1) is 5.56 Å². The summed E-state index contributed by atoms with van der Waals surface area (Å²) in [6.45, 7) is 2.00. The Morgan fingerprint density at radius 3 is 2.55 bits per heavy atom. The van der Waals surface area contributed by atoms with E-state index in [1.807, 2.05) is 25.1 Å². The quantitative estimate of drug-likeness (QED) is 0.349. The number of halogens is 3. The lowest BCUT2D eigenvalue weighted by Crippen LogP contribution is -2.15. The maximum Gasteiger partial charge on any atom is 0.349 e. The lowest BCUT2D eigenvalue weighted by molar-refractivity contribution is 0.0724. The average Bonchev–Trinajstić information content (AvgIpc) is 3.06. The van der Waals surface area contributed by atoms with Crippen LogP contribution in [0, 0.1) is 28.8 Å². The molecule has 0 saturated heterocycles. The summed E-state index contributed by atoms with van der Waals surface area (Å²) < 4.78 is 48.4. The van der Waals surface area contributed by atoms with Crippen LogP contribution in [0.4, 0.5) is 13.2 Å². The summed E-state index contributed by atoms with van der Waals surface area (Å²) in [5.74, 6) is -4.44. The van der Waals surface area contributed by atoms with E-state index in [0.29, 0.717) is 5.56 Å². The van der Waals surface area contributed by atoms with Crippen LogP contribution in [0.15, 0.2) is 42.5 Å². The van der Waals surface area contributed by atoms with Gasteiger partial charge in [0.1, 0.15) is 34.8 Å². The minimum atomic E-state index is -1.27. The maximum absolute atomic E-state index is 15.1. The third kappa shape index (κ3) is 3.15. The standard InChI is InChI=1S/C23H14F3NO2/c1-2-12-3-6-16-14(7-12)8-18-17(16)10-20(25)21(22(18)26)23(28)29-15-5-4-13(11-27)19(24)9-15/h3-7,9-10H,2,8H2,1H3. The Morgan fingerprint density at radius 1 is 1.07 bits per heavy atom. The van der Waals surface area contributed by atoms with Gasteiger partial charge < -0.3 is 4.74 Å². The van der Waals surface area contributed by atoms with Gasteiger partial charge in [-0.05, 0) is 46.9 Å². The van der Waals surface area contributed by atoms with E-state index in [9.17, 15) is 13.6 Å². The van der Waals surface area contributed by atoms with Crippen molar-refractivity contribution >= 4 is 5.97 Å². The van der Waals surface area contributed by atoms with E-state index in [2.05, 4.69) is 0 Å². The van der Waals surface area contributed by atoms with Crippen LogP contribution in [0.1, 0.15) is 39.5 Å². The van der Waals surface area contributed by atoms with E-state index < -0.39 is 29.0 Å². The van der Waals surface area contributed by atoms with Crippen LogP contribution in [0.25, 0.3) is 11.1 Å². The number of esters is 1. The second-order valence-corrected chi connectivity index (χ2v) is 6.74. The molecule has 144 valence electrons. The molecule has 6 heteroatoms. The number of hydrogen-bond donors (Lipinski definition) is 0. The zero-order chi connectivity index (χ0) is 20.7. The molecular weight excluding hydrogens is 379 g/mol. The van der Waals surface area contributed by atoms with Crippen LogP contribution in [-0.4, -0.2) is 5.97 Å². The molecule has 3 aromatic rings. The molecule has 0 bridgehead atoms. The van der Waals surface area contributed by atoms with E-state index in [4.69, 9.17) is 10.00 Å². The number of aryl methyl sites for hydroxylation is 1. The van der Waals surface area contributed by atoms with Crippen LogP contribution in [0.5, 0.6) is 5.75 Å². The fourth-order valence-corrected chi connectivity index (χ4v) is 3.53. The molecule has 1 aliphatic rings. The van der Waals surface area contributed by atoms with Crippen molar-refractivity contribution < 1.29 is 22.7 Å². The summed E-state index contributed by atoms with van der Waals surface area (Å²) in [6.07, 6.45) is 1.07. The van der Waals surface area contributed by atoms with Gasteiger partial charge in [-0.2, -0.15) is 5.26 Å². The average molecular weight is 393 g/mol. The minimum Gasteiger partial charge on any atom is -0.423 e. The first-order chi connectivity index (χ1) is 13.9. The van der Waals surface area contributed by atoms with Crippen molar-refractivity contribution in [2.24, 2.45) is 0 Å². The Bertz CT molecular complexity index is 1210. The predicted molar refractivity (Wildman–Crippen MR) is 100 cm³/mol. The van der Waals surface area contributed by atoms with Gasteiger partial charge >= 0.3 is 5.97 Å². The van der Waals surface area contributed by atoms with Crippen LogP contribution >= 0.6 is 0 Å². The molecule has 0 atom stereocenters. The normalized spacial score (nSPS) is 11.6. The topological polar surface area (TPSA) is 50.1 Å². The van der Waals surface area contributed by atoms with E-state index in [-0.39, 0.29) is 23.3 Å². The number of carbonyl (C=O) groups excluding carboxylic acids is 1. The second-order valence-electron chi connectivity index (χ2n) is 6.74. The highest BCUT2D eigenvalue weighted by atomic mass is 19.1. The van der Waals surface area contributed by atoms with Crippen LogP contribution in [-0.2, 0) is 12.8 Å². The molecule has 0 heterocycles. The molecule has 1 aliphatic carbocycles. The van der Waals surface area contributed by atoms with Gasteiger partial charge in [0.15, 0.2) is 0 Å². The number of nitrogens with zero attached hydrogens (tertiary/aromatic N) is 1. The van der Waals surface area contributed by atoms with Crippen molar-refractivity contribution in [1.82, 2.24) is 0 Å². The summed E-state index contributed by atoms with van der Waals surface area (Å²) in [5, 5.41) is 8.74. The minimum absolute atomic E-state index is 0.229. The largest absolute Gasteiger partial charge is 0.423 e. The molecule has 0 N–H and O–H groups in total. The van der Waals surface area contributed by atoms with E-state index in [1.54, 1.807) is 6.07 Å². The molecule has 0 aliphatic heterocycles. The first-order valence-electron chi connectivity index (χ1n) is 8.97. The molecule has 0 fully saturated rings. The lowest BCUT2D eigenvalue weighted by Gasteiger charge is -2.10. The fraction of sp³-hybridized carbons (Fsp3) is 0.130. The highest BCUT2D eigenvalue weighted by Crippen LogP contribution is 2.40. The van der Waals surface area contributed by atoms with Crippen LogP contribution < -0.4 is 4.74 Å². The van der Waals surface area contributed by atoms with Crippen molar-refractivity contribution in [3.8, 4) is 22.9 Å². The van der Waals surface area contributed by atoms with E-state index in [0.717, 1.165) is 41.3 Å². The van der Waals surface area contributed by atoms with Gasteiger partial charge in [-0.3, -0.25) is 0 Å². The molecule has 29 heavy (non-hydrogen) atoms. The highest BCUT2D eigenvalue weighted by molar-refractivity contribution is 5.94. The Balaban J connectivity index is 1.70. The van der Waals surface area contributed by atoms with Gasteiger partial charge in [0.2, 0.25) is 0 Å². The smallest absolute Gasteiger partial charge is 0.349 e. The van der Waals surface area contributed by atoms with Crippen molar-refractivity contribution in [2.75, 3.05) is 0 Å². The second kappa shape index (κ2) is 7.10. The number of benzene rings is 3. The fourth-order valence-electron chi connectivity index (χ4n) is 3.53. The molecule has 3 nitrogen and oxygen atoms in total. The van der Waals surface area contributed by atoms with Gasteiger partial charge in [-0.1, -0.05) is 25.1 Å². The SMILES string of the molecule is CCc1ccc2c(c1)Cc1c-2cc(F)c(C(=O)Oc2ccc(C#N)c(F)c2)c1F. The number of carbonyl (C=O) groups is 1. The molecular formula is C23H14F3NO2. The maximum atomic E-state index is 15.1. The van der Waals surface area contributed by atoms with Crippen LogP contribution in [0.3, 0.4) is 0 Å². The summed E-state index contributed by atoms with van der Waals surface area (Å²) >= 11 is 0. The molecule has 0 radical (unpaired) electrons. The number of ether oxygens (including phenoxy) is 1. The predicted octanol–water partition coefficient (Wildman–Crippen LogP) is 5.33. The van der Waals surface area contributed by atoms with Crippen molar-refractivity contribution in [3.05, 3.63) is 87.7 Å². The molecule has 3 aromatic carbocycles. The van der Waals surface area contributed by atoms with Gasteiger partial charge in [0, 0.05) is 18.1 Å². The zero-order valence-electron chi connectivity index (χ0n) is 15.4. The first kappa shape index (κ1) is 18.8. The number of nitriles is 1. The summed E-state index contributed by atoms with van der Waals surface area (Å²) in [4.78, 5) is 12.4. The summed E-state index contributed by atoms with van der Waals surface area (Å²) in [7, 11) is 0. The molecule has 0 saturated carbocycles. The summed E-state index contributed by atoms with van der Waals surface area (Å²) in [5.41, 5.74) is 2.29. The van der Waals surface area contributed by atoms with Crippen molar-refractivity contribution in [1.29, 1.82) is 5.26 Å². The lowest BCUT2D eigenvalue weighted by atomic mass is 10.0. The Labute approximate surface area is 165 Å². The first-order valence-corrected chi connectivity index (χ1v) is 8.97. The Hall–Kier alpha value is -3.59. The molecule has 0 aromatic heterocycles. The zero-order valence-corrected chi connectivity index (χ0v) is 15.4. The highest BCUT2D eigenvalue weighted by Gasteiger charge is 2.30. The third-order valence-electron chi connectivity index (χ3n) is 5.03. The molecule has 4 rings (SSSR count). The van der Waals surface area contributed by atoms with Gasteiger partial charge in [0.25, 0.3) is 0 Å². The van der Waals surface area contributed by atoms with Gasteiger partial charge in [-0.15, -0.1) is 0 Å². The monoisotopic (exact) mass is 393 g/mol. The number of fused-ring (bicyclic) bond motifs is 3. The van der Waals surface area contributed by atoms with Crippen molar-refractivity contribution in [3.63, 3.8) is 0 Å². The third-order valence-corrected chi connectivity index (χ3v) is 5.03. The van der Waals surface area contributed by atoms with E-state index >= 15 is 4.39 Å². The number of rotatable bonds is 3.